The number of nitrogens with two attached hydrogens (primary N) is 1. The molecule has 1 unspecified atom stereocenters. The number of hydrogen-bond donors (Lipinski definition) is 1. The fraction of sp³-hybridized carbons (Fsp3) is 0.533. The van der Waals surface area contributed by atoms with Gasteiger partial charge >= 0.3 is 0 Å². The minimum Gasteiger partial charge on any atom is -0.321 e. The highest BCUT2D eigenvalue weighted by Gasteiger charge is 2.27. The molecule has 0 saturated heterocycles. The van der Waals surface area contributed by atoms with Gasteiger partial charge in [0.1, 0.15) is 0 Å². The van der Waals surface area contributed by atoms with Crippen LogP contribution in [0.4, 0.5) is 0 Å². The van der Waals surface area contributed by atoms with Gasteiger partial charge in [-0.25, -0.2) is 0 Å². The van der Waals surface area contributed by atoms with Gasteiger partial charge in [-0.2, -0.15) is 0 Å². The van der Waals surface area contributed by atoms with Crippen molar-refractivity contribution >= 4 is 5.78 Å². The summed E-state index contributed by atoms with van der Waals surface area (Å²) in [6, 6.07) is 5.88. The highest BCUT2D eigenvalue weighted by Crippen LogP contribution is 2.33. The van der Waals surface area contributed by atoms with Gasteiger partial charge in [0.2, 0.25) is 0 Å². The number of rotatable bonds is 5. The van der Waals surface area contributed by atoms with Gasteiger partial charge < -0.3 is 5.73 Å². The fourth-order valence-electron chi connectivity index (χ4n) is 2.28. The van der Waals surface area contributed by atoms with Crippen molar-refractivity contribution in [2.75, 3.05) is 0 Å². The average molecular weight is 231 g/mol. The molecule has 1 fully saturated rings. The Labute approximate surface area is 103 Å². The summed E-state index contributed by atoms with van der Waals surface area (Å²) >= 11 is 0. The Balaban J connectivity index is 2.01. The van der Waals surface area contributed by atoms with Gasteiger partial charge in [-0.15, -0.1) is 0 Å². The van der Waals surface area contributed by atoms with E-state index in [1.54, 1.807) is 0 Å². The molecule has 2 heteroatoms. The number of Topliss-reactive ketones (excluding diaryl/α,β-unsaturated/α-hetero) is 1. The molecule has 0 aliphatic heterocycles. The molecule has 1 aromatic carbocycles. The fourth-order valence-corrected chi connectivity index (χ4v) is 2.28. The Morgan fingerprint density at radius 2 is 1.94 bits per heavy atom. The molecule has 0 aromatic heterocycles. The molecular formula is C15H21NO. The smallest absolute Gasteiger partial charge is 0.153 e. The Morgan fingerprint density at radius 1 is 1.35 bits per heavy atom. The Morgan fingerprint density at radius 3 is 2.47 bits per heavy atom. The molecule has 1 atom stereocenters. The van der Waals surface area contributed by atoms with Crippen LogP contribution in [0.15, 0.2) is 18.2 Å². The lowest BCUT2D eigenvalue weighted by atomic mass is 9.94. The Bertz CT molecular complexity index is 401. The van der Waals surface area contributed by atoms with Gasteiger partial charge in [-0.3, -0.25) is 4.79 Å². The highest BCUT2D eigenvalue weighted by atomic mass is 16.1. The van der Waals surface area contributed by atoms with Crippen LogP contribution in [0.2, 0.25) is 0 Å². The lowest BCUT2D eigenvalue weighted by molar-refractivity contribution is -0.119. The molecule has 17 heavy (non-hydrogen) atoms. The number of carbonyl (C=O) groups is 1. The lowest BCUT2D eigenvalue weighted by Crippen LogP contribution is -2.32. The van der Waals surface area contributed by atoms with E-state index in [2.05, 4.69) is 26.0 Å². The van der Waals surface area contributed by atoms with E-state index in [4.69, 9.17) is 5.73 Å². The summed E-state index contributed by atoms with van der Waals surface area (Å²) in [5, 5.41) is 0. The van der Waals surface area contributed by atoms with Crippen molar-refractivity contribution in [2.45, 2.75) is 45.6 Å². The van der Waals surface area contributed by atoms with Crippen LogP contribution < -0.4 is 5.73 Å². The van der Waals surface area contributed by atoms with Gasteiger partial charge in [0, 0.05) is 6.42 Å². The van der Waals surface area contributed by atoms with E-state index in [1.807, 2.05) is 6.07 Å². The standard InChI is InChI=1S/C15H21NO/c1-10-4-3-5-11(2)13(10)9-15(17)14(16)8-12-6-7-12/h3-5,12,14H,6-9,16H2,1-2H3. The van der Waals surface area contributed by atoms with Gasteiger partial charge in [0.05, 0.1) is 6.04 Å². The molecule has 0 bridgehead atoms. The monoisotopic (exact) mass is 231 g/mol. The Kier molecular flexibility index (Phi) is 3.63. The molecule has 0 heterocycles. The molecule has 1 aliphatic rings. The zero-order valence-electron chi connectivity index (χ0n) is 10.7. The third kappa shape index (κ3) is 3.16. The number of benzene rings is 1. The first-order chi connectivity index (χ1) is 8.08. The van der Waals surface area contributed by atoms with E-state index in [0.29, 0.717) is 12.3 Å². The van der Waals surface area contributed by atoms with Gasteiger partial charge in [0.15, 0.2) is 5.78 Å². The number of aryl methyl sites for hydroxylation is 2. The van der Waals surface area contributed by atoms with Crippen molar-refractivity contribution in [2.24, 2.45) is 11.7 Å². The van der Waals surface area contributed by atoms with Gasteiger partial charge in [-0.1, -0.05) is 31.0 Å². The SMILES string of the molecule is Cc1cccc(C)c1CC(=O)C(N)CC1CC1. The van der Waals surface area contributed by atoms with Crippen molar-refractivity contribution in [1.82, 2.24) is 0 Å². The predicted molar refractivity (Wildman–Crippen MR) is 69.9 cm³/mol. The molecule has 0 radical (unpaired) electrons. The first-order valence-electron chi connectivity index (χ1n) is 6.41. The van der Waals surface area contributed by atoms with Crippen LogP contribution in [0, 0.1) is 19.8 Å². The van der Waals surface area contributed by atoms with Crippen molar-refractivity contribution in [3.8, 4) is 0 Å². The first kappa shape index (κ1) is 12.3. The minimum atomic E-state index is -0.262. The van der Waals surface area contributed by atoms with Gasteiger partial charge in [-0.05, 0) is 42.9 Å². The third-order valence-corrected chi connectivity index (χ3v) is 3.69. The van der Waals surface area contributed by atoms with Crippen LogP contribution in [0.3, 0.4) is 0 Å². The van der Waals surface area contributed by atoms with E-state index in [0.717, 1.165) is 12.0 Å². The maximum atomic E-state index is 12.1. The summed E-state index contributed by atoms with van der Waals surface area (Å²) in [5.74, 6) is 0.904. The summed E-state index contributed by atoms with van der Waals surface area (Å²) in [4.78, 5) is 12.1. The summed E-state index contributed by atoms with van der Waals surface area (Å²) in [6.07, 6.45) is 3.88. The van der Waals surface area contributed by atoms with Crippen LogP contribution >= 0.6 is 0 Å². The predicted octanol–water partition coefficient (Wildman–Crippen LogP) is 2.54. The molecule has 1 aromatic rings. The minimum absolute atomic E-state index is 0.189. The van der Waals surface area contributed by atoms with Crippen LogP contribution in [-0.4, -0.2) is 11.8 Å². The molecule has 2 rings (SSSR count). The zero-order valence-corrected chi connectivity index (χ0v) is 10.7. The molecule has 1 saturated carbocycles. The summed E-state index contributed by atoms with van der Waals surface area (Å²) in [6.45, 7) is 4.12. The topological polar surface area (TPSA) is 43.1 Å². The van der Waals surface area contributed by atoms with Gasteiger partial charge in [0.25, 0.3) is 0 Å². The van der Waals surface area contributed by atoms with E-state index in [9.17, 15) is 4.79 Å². The third-order valence-electron chi connectivity index (χ3n) is 3.69. The van der Waals surface area contributed by atoms with E-state index in [1.165, 1.54) is 24.0 Å². The second-order valence-corrected chi connectivity index (χ2v) is 5.30. The molecule has 1 aliphatic carbocycles. The number of hydrogen-bond acceptors (Lipinski definition) is 2. The van der Waals surface area contributed by atoms with Crippen LogP contribution in [0.5, 0.6) is 0 Å². The zero-order chi connectivity index (χ0) is 12.4. The maximum absolute atomic E-state index is 12.1. The van der Waals surface area contributed by atoms with Crippen LogP contribution in [0.25, 0.3) is 0 Å². The molecule has 2 nitrogen and oxygen atoms in total. The quantitative estimate of drug-likeness (QED) is 0.846. The van der Waals surface area contributed by atoms with Crippen molar-refractivity contribution < 1.29 is 4.79 Å². The van der Waals surface area contributed by atoms with E-state index >= 15 is 0 Å². The second-order valence-electron chi connectivity index (χ2n) is 5.30. The average Bonchev–Trinajstić information content (AvgIpc) is 3.07. The largest absolute Gasteiger partial charge is 0.321 e. The first-order valence-corrected chi connectivity index (χ1v) is 6.41. The second kappa shape index (κ2) is 5.01. The van der Waals surface area contributed by atoms with Crippen molar-refractivity contribution in [3.63, 3.8) is 0 Å². The lowest BCUT2D eigenvalue weighted by Gasteiger charge is -2.13. The summed E-state index contributed by atoms with van der Waals surface area (Å²) in [7, 11) is 0. The maximum Gasteiger partial charge on any atom is 0.153 e. The van der Waals surface area contributed by atoms with Crippen LogP contribution in [-0.2, 0) is 11.2 Å². The normalized spacial score (nSPS) is 16.9. The molecule has 92 valence electrons. The van der Waals surface area contributed by atoms with Crippen molar-refractivity contribution in [3.05, 3.63) is 34.9 Å². The Hall–Kier alpha value is -1.15. The number of carbonyl (C=O) groups excluding carboxylic acids is 1. The number of ketones is 1. The molecular weight excluding hydrogens is 210 g/mol. The van der Waals surface area contributed by atoms with Crippen molar-refractivity contribution in [1.29, 1.82) is 0 Å². The van der Waals surface area contributed by atoms with E-state index < -0.39 is 0 Å². The summed E-state index contributed by atoms with van der Waals surface area (Å²) < 4.78 is 0. The molecule has 0 spiro atoms. The summed E-state index contributed by atoms with van der Waals surface area (Å²) in [5.41, 5.74) is 9.50. The van der Waals surface area contributed by atoms with E-state index in [-0.39, 0.29) is 11.8 Å². The van der Waals surface area contributed by atoms with Crippen LogP contribution in [0.1, 0.15) is 36.0 Å². The molecule has 2 N–H and O–H groups in total. The molecule has 0 amide bonds. The highest BCUT2D eigenvalue weighted by molar-refractivity contribution is 5.86.